The minimum Gasteiger partial charge on any atom is -0.354 e. The van der Waals surface area contributed by atoms with Crippen molar-refractivity contribution in [3.8, 4) is 0 Å². The molecule has 3 aromatic rings. The molecule has 25 heavy (non-hydrogen) atoms. The van der Waals surface area contributed by atoms with Crippen molar-refractivity contribution in [1.82, 2.24) is 20.2 Å². The molecule has 0 spiro atoms. The van der Waals surface area contributed by atoms with Gasteiger partial charge in [0.2, 0.25) is 0 Å². The Kier molecular flexibility index (Phi) is 4.13. The fourth-order valence-electron chi connectivity index (χ4n) is 3.43. The lowest BCUT2D eigenvalue weighted by atomic mass is 10.0. The van der Waals surface area contributed by atoms with Crippen molar-refractivity contribution in [3.63, 3.8) is 0 Å². The molecule has 2 aromatic heterocycles. The molecule has 4 rings (SSSR count). The van der Waals surface area contributed by atoms with Gasteiger partial charge in [-0.15, -0.1) is 5.10 Å². The van der Waals surface area contributed by atoms with Crippen LogP contribution < -0.4 is 9.80 Å². The number of rotatable bonds is 3. The molecule has 0 N–H and O–H groups in total. The van der Waals surface area contributed by atoms with E-state index < -0.39 is 0 Å². The van der Waals surface area contributed by atoms with Crippen LogP contribution in [0.5, 0.6) is 0 Å². The normalized spacial score (nSPS) is 17.7. The number of halogens is 1. The fraction of sp³-hybridized carbons (Fsp3) is 0.333. The molecule has 1 unspecified atom stereocenters. The summed E-state index contributed by atoms with van der Waals surface area (Å²) in [4.78, 5) is 12.9. The molecule has 1 aliphatic heterocycles. The van der Waals surface area contributed by atoms with Crippen molar-refractivity contribution < 1.29 is 4.39 Å². The van der Waals surface area contributed by atoms with Crippen LogP contribution in [0.4, 0.5) is 16.0 Å². The molecular weight excluding hydrogens is 319 g/mol. The average molecular weight is 338 g/mol. The predicted molar refractivity (Wildman–Crippen MR) is 95.2 cm³/mol. The van der Waals surface area contributed by atoms with Gasteiger partial charge in [0.15, 0.2) is 5.82 Å². The van der Waals surface area contributed by atoms with Gasteiger partial charge >= 0.3 is 0 Å². The quantitative estimate of drug-likeness (QED) is 0.732. The van der Waals surface area contributed by atoms with E-state index in [1.807, 2.05) is 25.2 Å². The second-order valence-corrected chi connectivity index (χ2v) is 6.27. The van der Waals surface area contributed by atoms with Crippen molar-refractivity contribution in [2.24, 2.45) is 0 Å². The molecular formula is C18H19FN6. The van der Waals surface area contributed by atoms with Gasteiger partial charge in [-0.2, -0.15) is 5.10 Å². The summed E-state index contributed by atoms with van der Waals surface area (Å²) in [6, 6.07) is 9.13. The smallest absolute Gasteiger partial charge is 0.151 e. The monoisotopic (exact) mass is 338 g/mol. The van der Waals surface area contributed by atoms with Crippen molar-refractivity contribution in [2.45, 2.75) is 18.9 Å². The molecule has 0 bridgehead atoms. The van der Waals surface area contributed by atoms with E-state index in [4.69, 9.17) is 0 Å². The van der Waals surface area contributed by atoms with E-state index in [1.54, 1.807) is 12.3 Å². The predicted octanol–water partition coefficient (Wildman–Crippen LogP) is 2.66. The number of hydrogen-bond acceptors (Lipinski definition) is 6. The Labute approximate surface area is 145 Å². The second-order valence-electron chi connectivity index (χ2n) is 6.27. The minimum atomic E-state index is -0.320. The second kappa shape index (κ2) is 6.58. The fourth-order valence-corrected chi connectivity index (χ4v) is 3.43. The van der Waals surface area contributed by atoms with Crippen LogP contribution in [0.3, 0.4) is 0 Å². The third kappa shape index (κ3) is 2.97. The number of nitrogens with zero attached hydrogens (tertiary/aromatic N) is 6. The van der Waals surface area contributed by atoms with Crippen molar-refractivity contribution in [1.29, 1.82) is 0 Å². The van der Waals surface area contributed by atoms with E-state index in [0.29, 0.717) is 5.52 Å². The number of para-hydroxylation sites is 1. The Morgan fingerprint density at radius 3 is 2.96 bits per heavy atom. The largest absolute Gasteiger partial charge is 0.354 e. The van der Waals surface area contributed by atoms with E-state index >= 15 is 0 Å². The number of anilines is 2. The molecule has 1 aliphatic rings. The van der Waals surface area contributed by atoms with Gasteiger partial charge in [-0.25, -0.2) is 14.4 Å². The maximum atomic E-state index is 14.0. The van der Waals surface area contributed by atoms with Crippen LogP contribution in [0.1, 0.15) is 12.8 Å². The first-order chi connectivity index (χ1) is 12.2. The maximum Gasteiger partial charge on any atom is 0.151 e. The Balaban J connectivity index is 1.63. The summed E-state index contributed by atoms with van der Waals surface area (Å²) in [6.45, 7) is 1.79. The molecule has 6 nitrogen and oxygen atoms in total. The SMILES string of the molecule is CN(c1ncnc2c(F)cccc12)C1CCCN(c2cccnn2)C1. The molecule has 0 amide bonds. The van der Waals surface area contributed by atoms with Crippen LogP contribution in [0.2, 0.25) is 0 Å². The van der Waals surface area contributed by atoms with Gasteiger partial charge < -0.3 is 9.80 Å². The van der Waals surface area contributed by atoms with Crippen molar-refractivity contribution in [3.05, 3.63) is 48.7 Å². The molecule has 7 heteroatoms. The molecule has 3 heterocycles. The average Bonchev–Trinajstić information content (AvgIpc) is 2.68. The number of benzene rings is 1. The molecule has 0 saturated carbocycles. The molecule has 0 aliphatic carbocycles. The lowest BCUT2D eigenvalue weighted by molar-refractivity contribution is 0.483. The molecule has 128 valence electrons. The van der Waals surface area contributed by atoms with Crippen LogP contribution in [0, 0.1) is 5.82 Å². The Morgan fingerprint density at radius 2 is 2.12 bits per heavy atom. The molecule has 1 aromatic carbocycles. The Morgan fingerprint density at radius 1 is 1.20 bits per heavy atom. The van der Waals surface area contributed by atoms with Gasteiger partial charge in [-0.1, -0.05) is 6.07 Å². The van der Waals surface area contributed by atoms with Crippen LogP contribution in [-0.4, -0.2) is 46.3 Å². The Bertz CT molecular complexity index is 872. The number of fused-ring (bicyclic) bond motifs is 1. The van der Waals surface area contributed by atoms with Crippen molar-refractivity contribution >= 4 is 22.5 Å². The van der Waals surface area contributed by atoms with Gasteiger partial charge in [0, 0.05) is 37.8 Å². The first kappa shape index (κ1) is 15.7. The summed E-state index contributed by atoms with van der Waals surface area (Å²) in [6.07, 6.45) is 5.22. The van der Waals surface area contributed by atoms with E-state index in [2.05, 4.69) is 30.0 Å². The molecule has 1 fully saturated rings. The topological polar surface area (TPSA) is 58.0 Å². The highest BCUT2D eigenvalue weighted by Gasteiger charge is 2.26. The summed E-state index contributed by atoms with van der Waals surface area (Å²) in [7, 11) is 2.01. The summed E-state index contributed by atoms with van der Waals surface area (Å²) < 4.78 is 14.0. The van der Waals surface area contributed by atoms with Gasteiger partial charge in [0.1, 0.15) is 23.5 Å². The standard InChI is InChI=1S/C18H19FN6/c1-24(18-14-6-2-7-15(19)17(14)20-12-21-18)13-5-4-10-25(11-13)16-8-3-9-22-23-16/h2-3,6-9,12-13H,4-5,10-11H2,1H3. The number of aromatic nitrogens is 4. The van der Waals surface area contributed by atoms with Crippen LogP contribution in [0.15, 0.2) is 42.9 Å². The van der Waals surface area contributed by atoms with Gasteiger partial charge in [0.05, 0.1) is 0 Å². The minimum absolute atomic E-state index is 0.261. The van der Waals surface area contributed by atoms with Gasteiger partial charge in [-0.05, 0) is 37.1 Å². The van der Waals surface area contributed by atoms with E-state index in [1.165, 1.54) is 12.4 Å². The number of hydrogen-bond donors (Lipinski definition) is 0. The molecule has 1 saturated heterocycles. The third-order valence-corrected chi connectivity index (χ3v) is 4.76. The third-order valence-electron chi connectivity index (χ3n) is 4.76. The Hall–Kier alpha value is -2.83. The summed E-state index contributed by atoms with van der Waals surface area (Å²) in [5.41, 5.74) is 0.362. The lowest BCUT2D eigenvalue weighted by Gasteiger charge is -2.38. The lowest BCUT2D eigenvalue weighted by Crippen LogP contribution is -2.47. The van der Waals surface area contributed by atoms with E-state index in [0.717, 1.165) is 43.0 Å². The maximum absolute atomic E-state index is 14.0. The zero-order chi connectivity index (χ0) is 17.2. The first-order valence-electron chi connectivity index (χ1n) is 8.39. The van der Waals surface area contributed by atoms with Crippen LogP contribution in [-0.2, 0) is 0 Å². The van der Waals surface area contributed by atoms with Gasteiger partial charge in [0.25, 0.3) is 0 Å². The first-order valence-corrected chi connectivity index (χ1v) is 8.39. The van der Waals surface area contributed by atoms with E-state index in [-0.39, 0.29) is 11.9 Å². The summed E-state index contributed by atoms with van der Waals surface area (Å²) in [5, 5.41) is 8.92. The zero-order valence-electron chi connectivity index (χ0n) is 14.0. The summed E-state index contributed by atoms with van der Waals surface area (Å²) in [5.74, 6) is 1.33. The van der Waals surface area contributed by atoms with Crippen LogP contribution in [0.25, 0.3) is 10.9 Å². The highest BCUT2D eigenvalue weighted by atomic mass is 19.1. The highest BCUT2D eigenvalue weighted by molar-refractivity contribution is 5.89. The molecule has 1 atom stereocenters. The van der Waals surface area contributed by atoms with Gasteiger partial charge in [-0.3, -0.25) is 0 Å². The zero-order valence-corrected chi connectivity index (χ0v) is 14.0. The number of likely N-dealkylation sites (N-methyl/N-ethyl adjacent to an activating group) is 1. The highest BCUT2D eigenvalue weighted by Crippen LogP contribution is 2.28. The summed E-state index contributed by atoms with van der Waals surface area (Å²) >= 11 is 0. The van der Waals surface area contributed by atoms with Crippen molar-refractivity contribution in [2.75, 3.05) is 29.9 Å². The van der Waals surface area contributed by atoms with Crippen LogP contribution >= 0.6 is 0 Å². The number of piperidine rings is 1. The van der Waals surface area contributed by atoms with E-state index in [9.17, 15) is 4.39 Å². The molecule has 0 radical (unpaired) electrons.